The molecule has 1 aromatic rings. The average molecular weight is 282 g/mol. The largest absolute Gasteiger partial charge is 0.356 e. The van der Waals surface area contributed by atoms with Crippen molar-refractivity contribution in [2.45, 2.75) is 13.3 Å². The van der Waals surface area contributed by atoms with Gasteiger partial charge >= 0.3 is 0 Å². The van der Waals surface area contributed by atoms with Crippen molar-refractivity contribution in [2.24, 2.45) is 5.92 Å². The Morgan fingerprint density at radius 2 is 2.11 bits per heavy atom. The van der Waals surface area contributed by atoms with Crippen LogP contribution in [0.15, 0.2) is 24.3 Å². The molecule has 1 heterocycles. The highest BCUT2D eigenvalue weighted by atomic mass is 32.2. The lowest BCUT2D eigenvalue weighted by Gasteiger charge is -2.34. The molecule has 0 bridgehead atoms. The van der Waals surface area contributed by atoms with Crippen LogP contribution in [0.3, 0.4) is 0 Å². The third-order valence-electron chi connectivity index (χ3n) is 3.23. The molecule has 0 saturated heterocycles. The maximum Gasteiger partial charge on any atom is 0.232 e. The predicted molar refractivity (Wildman–Crippen MR) is 74.5 cm³/mol. The molecule has 1 aliphatic heterocycles. The molecule has 1 aromatic carbocycles. The summed E-state index contributed by atoms with van der Waals surface area (Å²) in [5, 5.41) is 2.76. The number of anilines is 1. The minimum atomic E-state index is -3.29. The van der Waals surface area contributed by atoms with E-state index in [2.05, 4.69) is 5.32 Å². The van der Waals surface area contributed by atoms with Gasteiger partial charge in [0, 0.05) is 20.0 Å². The highest BCUT2D eigenvalue weighted by molar-refractivity contribution is 7.92. The number of sulfonamides is 1. The number of hydrogen-bond acceptors (Lipinski definition) is 3. The molecule has 0 unspecified atom stereocenters. The van der Waals surface area contributed by atoms with Crippen LogP contribution in [0, 0.1) is 5.92 Å². The number of benzene rings is 1. The van der Waals surface area contributed by atoms with Gasteiger partial charge in [-0.25, -0.2) is 8.42 Å². The second kappa shape index (κ2) is 5.21. The van der Waals surface area contributed by atoms with Crippen LogP contribution in [0.4, 0.5) is 5.69 Å². The number of nitrogens with zero attached hydrogens (tertiary/aromatic N) is 1. The van der Waals surface area contributed by atoms with Crippen LogP contribution in [0.25, 0.3) is 0 Å². The van der Waals surface area contributed by atoms with Crippen molar-refractivity contribution in [3.8, 4) is 0 Å². The topological polar surface area (TPSA) is 66.5 Å². The third-order valence-corrected chi connectivity index (χ3v) is 4.38. The Morgan fingerprint density at radius 1 is 1.42 bits per heavy atom. The van der Waals surface area contributed by atoms with Crippen LogP contribution < -0.4 is 9.62 Å². The lowest BCUT2D eigenvalue weighted by atomic mass is 9.94. The van der Waals surface area contributed by atoms with Crippen molar-refractivity contribution in [1.29, 1.82) is 0 Å². The molecule has 0 saturated carbocycles. The van der Waals surface area contributed by atoms with Gasteiger partial charge in [0.2, 0.25) is 15.9 Å². The van der Waals surface area contributed by atoms with Gasteiger partial charge in [0.25, 0.3) is 0 Å². The summed E-state index contributed by atoms with van der Waals surface area (Å²) in [5.41, 5.74) is 1.76. The Morgan fingerprint density at radius 3 is 2.74 bits per heavy atom. The number of rotatable bonds is 3. The second-order valence-corrected chi connectivity index (χ2v) is 6.84. The molecule has 6 heteroatoms. The van der Waals surface area contributed by atoms with Gasteiger partial charge in [-0.3, -0.25) is 9.10 Å². The molecule has 104 valence electrons. The molecule has 0 radical (unpaired) electrons. The maximum atomic E-state index is 11.9. The summed E-state index contributed by atoms with van der Waals surface area (Å²) >= 11 is 0. The SMILES string of the molecule is CC(=O)NC[C@@H]1Cc2ccccc2N(S(C)(=O)=O)C1. The molecule has 1 atom stereocenters. The lowest BCUT2D eigenvalue weighted by molar-refractivity contribution is -0.119. The number of para-hydroxylation sites is 1. The Labute approximate surface area is 113 Å². The third kappa shape index (κ3) is 3.26. The zero-order valence-corrected chi connectivity index (χ0v) is 11.9. The molecule has 0 fully saturated rings. The molecule has 5 nitrogen and oxygen atoms in total. The fraction of sp³-hybridized carbons (Fsp3) is 0.462. The van der Waals surface area contributed by atoms with E-state index in [0.29, 0.717) is 13.1 Å². The predicted octanol–water partition coefficient (Wildman–Crippen LogP) is 0.761. The van der Waals surface area contributed by atoms with Crippen molar-refractivity contribution in [2.75, 3.05) is 23.7 Å². The van der Waals surface area contributed by atoms with Crippen LogP contribution >= 0.6 is 0 Å². The summed E-state index contributed by atoms with van der Waals surface area (Å²) in [5.74, 6) is 0.0123. The van der Waals surface area contributed by atoms with Gasteiger partial charge in [0.05, 0.1) is 11.9 Å². The first-order valence-electron chi connectivity index (χ1n) is 6.18. The van der Waals surface area contributed by atoms with E-state index in [9.17, 15) is 13.2 Å². The molecule has 0 aromatic heterocycles. The normalized spacial score (nSPS) is 18.8. The molecular formula is C13H18N2O3S. The van der Waals surface area contributed by atoms with Crippen molar-refractivity contribution < 1.29 is 13.2 Å². The van der Waals surface area contributed by atoms with Gasteiger partial charge < -0.3 is 5.32 Å². The molecular weight excluding hydrogens is 264 g/mol. The van der Waals surface area contributed by atoms with Crippen molar-refractivity contribution in [3.63, 3.8) is 0 Å². The summed E-state index contributed by atoms with van der Waals surface area (Å²) in [6, 6.07) is 7.50. The van der Waals surface area contributed by atoms with Gasteiger partial charge in [-0.15, -0.1) is 0 Å². The van der Waals surface area contributed by atoms with E-state index in [4.69, 9.17) is 0 Å². The number of nitrogens with one attached hydrogen (secondary N) is 1. The summed E-state index contributed by atoms with van der Waals surface area (Å²) in [7, 11) is -3.29. The smallest absolute Gasteiger partial charge is 0.232 e. The van der Waals surface area contributed by atoms with E-state index in [0.717, 1.165) is 17.7 Å². The second-order valence-electron chi connectivity index (χ2n) is 4.93. The number of fused-ring (bicyclic) bond motifs is 1. The van der Waals surface area contributed by atoms with Crippen LogP contribution in [0.5, 0.6) is 0 Å². The van der Waals surface area contributed by atoms with Crippen molar-refractivity contribution >= 4 is 21.6 Å². The maximum absolute atomic E-state index is 11.9. The van der Waals surface area contributed by atoms with Crippen LogP contribution in [0.1, 0.15) is 12.5 Å². The Bertz CT molecular complexity index is 583. The van der Waals surface area contributed by atoms with E-state index in [1.807, 2.05) is 24.3 Å². The van der Waals surface area contributed by atoms with Crippen LogP contribution in [-0.2, 0) is 21.2 Å². The minimum absolute atomic E-state index is 0.0928. The number of carbonyl (C=O) groups is 1. The van der Waals surface area contributed by atoms with Crippen LogP contribution in [0.2, 0.25) is 0 Å². The minimum Gasteiger partial charge on any atom is -0.356 e. The first kappa shape index (κ1) is 13.9. The molecule has 19 heavy (non-hydrogen) atoms. The highest BCUT2D eigenvalue weighted by Crippen LogP contribution is 2.30. The first-order valence-corrected chi connectivity index (χ1v) is 8.03. The van der Waals surface area contributed by atoms with Gasteiger partial charge in [0.15, 0.2) is 0 Å². The van der Waals surface area contributed by atoms with Crippen LogP contribution in [-0.4, -0.2) is 33.7 Å². The first-order chi connectivity index (χ1) is 8.88. The van der Waals surface area contributed by atoms with Gasteiger partial charge in [0.1, 0.15) is 0 Å². The Kier molecular flexibility index (Phi) is 3.80. The Balaban J connectivity index is 2.27. The number of carbonyl (C=O) groups excluding carboxylic acids is 1. The standard InChI is InChI=1S/C13H18N2O3S/c1-10(16)14-8-11-7-12-5-3-4-6-13(12)15(9-11)19(2,17)18/h3-6,11H,7-9H2,1-2H3,(H,14,16)/t11-/m0/s1. The molecule has 0 aliphatic carbocycles. The van der Waals surface area contributed by atoms with Crippen molar-refractivity contribution in [1.82, 2.24) is 5.32 Å². The summed E-state index contributed by atoms with van der Waals surface area (Å²) < 4.78 is 25.2. The zero-order chi connectivity index (χ0) is 14.0. The number of amides is 1. The number of hydrogen-bond donors (Lipinski definition) is 1. The zero-order valence-electron chi connectivity index (χ0n) is 11.1. The Hall–Kier alpha value is -1.56. The van der Waals surface area contributed by atoms with E-state index in [-0.39, 0.29) is 11.8 Å². The molecule has 1 amide bonds. The summed E-state index contributed by atoms with van der Waals surface area (Å²) in [6.07, 6.45) is 1.99. The van der Waals surface area contributed by atoms with Gasteiger partial charge in [-0.2, -0.15) is 0 Å². The van der Waals surface area contributed by atoms with E-state index in [1.54, 1.807) is 0 Å². The van der Waals surface area contributed by atoms with E-state index < -0.39 is 10.0 Å². The van der Waals surface area contributed by atoms with E-state index >= 15 is 0 Å². The molecule has 1 N–H and O–H groups in total. The van der Waals surface area contributed by atoms with Gasteiger partial charge in [-0.1, -0.05) is 18.2 Å². The fourth-order valence-corrected chi connectivity index (χ4v) is 3.39. The summed E-state index contributed by atoms with van der Waals surface area (Å²) in [6.45, 7) is 2.37. The highest BCUT2D eigenvalue weighted by Gasteiger charge is 2.29. The summed E-state index contributed by atoms with van der Waals surface area (Å²) in [4.78, 5) is 11.0. The molecule has 2 rings (SSSR count). The van der Waals surface area contributed by atoms with E-state index in [1.165, 1.54) is 17.5 Å². The van der Waals surface area contributed by atoms with Gasteiger partial charge in [-0.05, 0) is 24.0 Å². The molecule has 1 aliphatic rings. The van der Waals surface area contributed by atoms with Crippen molar-refractivity contribution in [3.05, 3.63) is 29.8 Å². The molecule has 0 spiro atoms. The fourth-order valence-electron chi connectivity index (χ4n) is 2.37. The average Bonchev–Trinajstić information content (AvgIpc) is 2.34. The lowest BCUT2D eigenvalue weighted by Crippen LogP contribution is -2.43. The quantitative estimate of drug-likeness (QED) is 0.890. The monoisotopic (exact) mass is 282 g/mol.